The number of hydrogen-bond donors (Lipinski definition) is 3. The fraction of sp³-hybridized carbons (Fsp3) is 0.667. The van der Waals surface area contributed by atoms with Gasteiger partial charge in [-0.15, -0.1) is 0 Å². The molecule has 92 valence electrons. The zero-order chi connectivity index (χ0) is 13.0. The van der Waals surface area contributed by atoms with Gasteiger partial charge in [0.25, 0.3) is 0 Å². The van der Waals surface area contributed by atoms with Gasteiger partial charge in [-0.3, -0.25) is 0 Å². The van der Waals surface area contributed by atoms with E-state index in [1.807, 2.05) is 0 Å². The molecule has 0 aromatic heterocycles. The summed E-state index contributed by atoms with van der Waals surface area (Å²) in [7, 11) is 0. The quantitative estimate of drug-likeness (QED) is 0.599. The van der Waals surface area contributed by atoms with E-state index in [1.54, 1.807) is 20.8 Å². The summed E-state index contributed by atoms with van der Waals surface area (Å²) >= 11 is -2.19. The molecule has 3 unspecified atom stereocenters. The molecule has 3 atom stereocenters. The number of nitrogens with two attached hydrogens (primary N) is 3. The van der Waals surface area contributed by atoms with E-state index in [-0.39, 0.29) is 0 Å². The average molecular weight is 267 g/mol. The second kappa shape index (κ2) is 5.91. The van der Waals surface area contributed by atoms with Crippen LogP contribution in [0.3, 0.4) is 0 Å². The molecular weight excluding hydrogens is 249 g/mol. The van der Waals surface area contributed by atoms with Gasteiger partial charge in [0.2, 0.25) is 0 Å². The van der Waals surface area contributed by atoms with Gasteiger partial charge in [0.1, 0.15) is 0 Å². The Morgan fingerprint density at radius 1 is 0.750 bits per heavy atom. The van der Waals surface area contributed by atoms with Crippen molar-refractivity contribution in [2.45, 2.75) is 34.7 Å². The molecule has 0 rings (SSSR count). The SMILES string of the molecule is C[CH](C(N)=O)[V]([CH](C)C(N)=O)[CH](C)C(N)=O. The predicted molar refractivity (Wildman–Crippen MR) is 55.9 cm³/mol. The minimum atomic E-state index is -2.19. The van der Waals surface area contributed by atoms with Crippen LogP contribution in [0.4, 0.5) is 0 Å². The summed E-state index contributed by atoms with van der Waals surface area (Å²) in [6.45, 7) is 4.88. The van der Waals surface area contributed by atoms with Crippen molar-refractivity contribution < 1.29 is 29.5 Å². The topological polar surface area (TPSA) is 129 Å². The van der Waals surface area contributed by atoms with Crippen molar-refractivity contribution in [1.29, 1.82) is 0 Å². The molecule has 0 heterocycles. The number of carbonyl (C=O) groups is 3. The van der Waals surface area contributed by atoms with Gasteiger partial charge in [0.05, 0.1) is 0 Å². The van der Waals surface area contributed by atoms with Crippen molar-refractivity contribution in [1.82, 2.24) is 0 Å². The van der Waals surface area contributed by atoms with Crippen LogP contribution in [0.1, 0.15) is 20.8 Å². The van der Waals surface area contributed by atoms with Crippen LogP contribution in [-0.2, 0) is 29.5 Å². The van der Waals surface area contributed by atoms with Crippen LogP contribution in [0.5, 0.6) is 0 Å². The fourth-order valence-corrected chi connectivity index (χ4v) is 5.97. The standard InChI is InChI=1S/3C3H6NO.V/c3*1-2-3(4)5;/h3*2H,1H3,(H2,4,5);. The Morgan fingerprint density at radius 3 is 1.06 bits per heavy atom. The van der Waals surface area contributed by atoms with Gasteiger partial charge < -0.3 is 0 Å². The first-order valence-electron chi connectivity index (χ1n) is 4.85. The molecule has 0 fully saturated rings. The van der Waals surface area contributed by atoms with Gasteiger partial charge in [-0.05, 0) is 0 Å². The van der Waals surface area contributed by atoms with Gasteiger partial charge in [-0.25, -0.2) is 0 Å². The van der Waals surface area contributed by atoms with Crippen LogP contribution in [0, 0.1) is 0 Å². The molecule has 0 aromatic rings. The Kier molecular flexibility index (Phi) is 5.54. The van der Waals surface area contributed by atoms with E-state index in [4.69, 9.17) is 17.2 Å². The van der Waals surface area contributed by atoms with E-state index in [2.05, 4.69) is 0 Å². The first-order chi connectivity index (χ1) is 7.20. The second-order valence-electron chi connectivity index (χ2n) is 3.68. The van der Waals surface area contributed by atoms with Crippen LogP contribution in [0.15, 0.2) is 0 Å². The molecule has 0 spiro atoms. The first-order valence-corrected chi connectivity index (χ1v) is 7.27. The van der Waals surface area contributed by atoms with Crippen molar-refractivity contribution in [3.05, 3.63) is 0 Å². The van der Waals surface area contributed by atoms with Crippen LogP contribution in [-0.4, -0.2) is 17.7 Å². The van der Waals surface area contributed by atoms with E-state index >= 15 is 0 Å². The summed E-state index contributed by atoms with van der Waals surface area (Å²) in [5.74, 6) is -1.54. The van der Waals surface area contributed by atoms with Gasteiger partial charge >= 0.3 is 99.1 Å². The van der Waals surface area contributed by atoms with E-state index < -0.39 is 46.8 Å². The molecule has 0 aromatic carbocycles. The Morgan fingerprint density at radius 2 is 0.938 bits per heavy atom. The summed E-state index contributed by atoms with van der Waals surface area (Å²) in [4.78, 5) is 33.4. The summed E-state index contributed by atoms with van der Waals surface area (Å²) in [5.41, 5.74) is 15.6. The van der Waals surface area contributed by atoms with E-state index in [0.717, 1.165) is 0 Å². The molecule has 0 aliphatic rings. The third-order valence-electron chi connectivity index (χ3n) is 2.58. The number of hydrogen-bond acceptors (Lipinski definition) is 3. The van der Waals surface area contributed by atoms with Gasteiger partial charge in [0, 0.05) is 0 Å². The van der Waals surface area contributed by atoms with E-state index in [1.165, 1.54) is 0 Å². The molecule has 6 N–H and O–H groups in total. The van der Waals surface area contributed by atoms with Crippen LogP contribution < -0.4 is 17.2 Å². The molecule has 0 saturated heterocycles. The minimum absolute atomic E-state index is 0.488. The molecule has 16 heavy (non-hydrogen) atoms. The Hall–Kier alpha value is -1.01. The molecular formula is C9H18N3O3V. The monoisotopic (exact) mass is 267 g/mol. The maximum atomic E-state index is 11.1. The Labute approximate surface area is 99.4 Å². The Balaban J connectivity index is 5.12. The van der Waals surface area contributed by atoms with Crippen LogP contribution >= 0.6 is 0 Å². The van der Waals surface area contributed by atoms with Crippen molar-refractivity contribution in [3.8, 4) is 0 Å². The van der Waals surface area contributed by atoms with Crippen molar-refractivity contribution in [2.75, 3.05) is 0 Å². The molecule has 7 heteroatoms. The zero-order valence-corrected chi connectivity index (χ0v) is 11.0. The van der Waals surface area contributed by atoms with Crippen LogP contribution in [0.2, 0.25) is 13.9 Å². The molecule has 6 nitrogen and oxygen atoms in total. The van der Waals surface area contributed by atoms with E-state index in [0.29, 0.717) is 0 Å². The molecule has 0 aliphatic heterocycles. The number of carbonyl (C=O) groups excluding carboxylic acids is 3. The van der Waals surface area contributed by atoms with Crippen molar-refractivity contribution in [3.63, 3.8) is 0 Å². The molecule has 0 saturated carbocycles. The van der Waals surface area contributed by atoms with Crippen molar-refractivity contribution in [2.24, 2.45) is 17.2 Å². The number of primary amides is 3. The average Bonchev–Trinajstić information content (AvgIpc) is 2.16. The number of rotatable bonds is 6. The summed E-state index contributed by atoms with van der Waals surface area (Å²) in [5, 5.41) is 0. The van der Waals surface area contributed by atoms with Gasteiger partial charge in [-0.2, -0.15) is 0 Å². The fourth-order valence-electron chi connectivity index (χ4n) is 1.45. The number of amides is 3. The summed E-state index contributed by atoms with van der Waals surface area (Å²) in [6.07, 6.45) is 0. The first kappa shape index (κ1) is 15.0. The maximum absolute atomic E-state index is 11.1. The Bertz CT molecular complexity index is 261. The molecule has 0 aliphatic carbocycles. The normalized spacial score (nSPS) is 16.5. The second-order valence-corrected chi connectivity index (χ2v) is 8.71. The summed E-state index contributed by atoms with van der Waals surface area (Å²) < 4.78 is -1.47. The summed E-state index contributed by atoms with van der Waals surface area (Å²) in [6, 6.07) is 0. The molecule has 0 bridgehead atoms. The van der Waals surface area contributed by atoms with Gasteiger partial charge in [0.15, 0.2) is 0 Å². The van der Waals surface area contributed by atoms with Gasteiger partial charge in [-0.1, -0.05) is 0 Å². The zero-order valence-electron chi connectivity index (χ0n) is 9.64. The predicted octanol–water partition coefficient (Wildman–Crippen LogP) is -0.514. The molecule has 0 radical (unpaired) electrons. The van der Waals surface area contributed by atoms with Crippen molar-refractivity contribution >= 4 is 17.7 Å². The van der Waals surface area contributed by atoms with Crippen LogP contribution in [0.25, 0.3) is 0 Å². The third kappa shape index (κ3) is 3.54. The molecule has 3 amide bonds. The third-order valence-corrected chi connectivity index (χ3v) is 7.96. The van der Waals surface area contributed by atoms with E-state index in [9.17, 15) is 14.4 Å².